The van der Waals surface area contributed by atoms with E-state index in [9.17, 15) is 8.42 Å². The van der Waals surface area contributed by atoms with E-state index in [-0.39, 0.29) is 10.9 Å². The van der Waals surface area contributed by atoms with Crippen molar-refractivity contribution >= 4 is 27.3 Å². The minimum Gasteiger partial charge on any atom is -0.398 e. The van der Waals surface area contributed by atoms with Crippen molar-refractivity contribution < 1.29 is 8.42 Å². The molecule has 0 saturated heterocycles. The summed E-state index contributed by atoms with van der Waals surface area (Å²) < 4.78 is 27.3. The number of sulfonamides is 1. The molecule has 2 atom stereocenters. The van der Waals surface area contributed by atoms with Crippen molar-refractivity contribution in [3.8, 4) is 0 Å². The van der Waals surface area contributed by atoms with Crippen LogP contribution in [-0.4, -0.2) is 25.8 Å². The second kappa shape index (κ2) is 6.15. The number of benzene rings is 1. The largest absolute Gasteiger partial charge is 0.398 e. The first-order valence-corrected chi connectivity index (χ1v) is 9.09. The highest BCUT2D eigenvalue weighted by molar-refractivity contribution is 7.89. The van der Waals surface area contributed by atoms with Crippen LogP contribution in [0.2, 0.25) is 5.02 Å². The minimum atomic E-state index is -3.57. The van der Waals surface area contributed by atoms with Gasteiger partial charge in [0.15, 0.2) is 0 Å². The van der Waals surface area contributed by atoms with Crippen LogP contribution in [0.15, 0.2) is 17.0 Å². The highest BCUT2D eigenvalue weighted by Crippen LogP contribution is 2.33. The van der Waals surface area contributed by atoms with Crippen LogP contribution in [0.3, 0.4) is 0 Å². The van der Waals surface area contributed by atoms with Gasteiger partial charge in [-0.25, -0.2) is 8.42 Å². The van der Waals surface area contributed by atoms with Gasteiger partial charge in [0.2, 0.25) is 10.0 Å². The van der Waals surface area contributed by atoms with E-state index in [0.29, 0.717) is 22.2 Å². The van der Waals surface area contributed by atoms with Crippen molar-refractivity contribution in [2.75, 3.05) is 12.8 Å². The Bertz CT molecular complexity index is 631. The van der Waals surface area contributed by atoms with E-state index in [4.69, 9.17) is 17.3 Å². The summed E-state index contributed by atoms with van der Waals surface area (Å²) in [6.07, 6.45) is 4.07. The number of anilines is 1. The Hall–Kier alpha value is -0.780. The summed E-state index contributed by atoms with van der Waals surface area (Å²) in [4.78, 5) is 0.216. The lowest BCUT2D eigenvalue weighted by Crippen LogP contribution is -2.40. The first kappa shape index (κ1) is 16.6. The number of nitrogens with two attached hydrogens (primary N) is 1. The standard InChI is InChI=1S/C15H23ClN2O2S/c1-10-5-4-6-13(7-10)18(3)21(19,20)15-9-12(16)8-14(17)11(15)2/h8-10,13H,4-7,17H2,1-3H3. The van der Waals surface area contributed by atoms with Crippen LogP contribution < -0.4 is 5.73 Å². The predicted molar refractivity (Wildman–Crippen MR) is 87.0 cm³/mol. The van der Waals surface area contributed by atoms with Gasteiger partial charge in [-0.1, -0.05) is 31.4 Å². The monoisotopic (exact) mass is 330 g/mol. The van der Waals surface area contributed by atoms with E-state index in [0.717, 1.165) is 19.3 Å². The van der Waals surface area contributed by atoms with E-state index >= 15 is 0 Å². The fourth-order valence-electron chi connectivity index (χ4n) is 3.03. The fourth-order valence-corrected chi connectivity index (χ4v) is 4.99. The van der Waals surface area contributed by atoms with Gasteiger partial charge in [0.1, 0.15) is 0 Å². The first-order chi connectivity index (χ1) is 9.73. The number of rotatable bonds is 3. The molecular formula is C15H23ClN2O2S. The fraction of sp³-hybridized carbons (Fsp3) is 0.600. The normalized spacial score (nSPS) is 23.5. The molecule has 0 amide bonds. The number of hydrogen-bond donors (Lipinski definition) is 1. The zero-order valence-corrected chi connectivity index (χ0v) is 14.3. The van der Waals surface area contributed by atoms with Gasteiger partial charge in [0.25, 0.3) is 0 Å². The van der Waals surface area contributed by atoms with Gasteiger partial charge in [-0.05, 0) is 43.4 Å². The summed E-state index contributed by atoms with van der Waals surface area (Å²) in [5, 5.41) is 0.349. The van der Waals surface area contributed by atoms with E-state index in [1.54, 1.807) is 20.0 Å². The predicted octanol–water partition coefficient (Wildman–Crippen LogP) is 3.43. The third-order valence-electron chi connectivity index (χ3n) is 4.44. The van der Waals surface area contributed by atoms with Crippen LogP contribution in [0.5, 0.6) is 0 Å². The van der Waals surface area contributed by atoms with E-state index in [2.05, 4.69) is 6.92 Å². The molecule has 6 heteroatoms. The van der Waals surface area contributed by atoms with Crippen molar-refractivity contribution in [3.63, 3.8) is 0 Å². The van der Waals surface area contributed by atoms with Crippen molar-refractivity contribution in [2.24, 2.45) is 5.92 Å². The van der Waals surface area contributed by atoms with Crippen molar-refractivity contribution in [1.29, 1.82) is 0 Å². The van der Waals surface area contributed by atoms with Gasteiger partial charge in [0.05, 0.1) is 4.90 Å². The molecule has 0 aliphatic heterocycles. The lowest BCUT2D eigenvalue weighted by Gasteiger charge is -2.33. The Morgan fingerprint density at radius 1 is 1.33 bits per heavy atom. The number of nitrogens with zero attached hydrogens (tertiary/aromatic N) is 1. The van der Waals surface area contributed by atoms with Crippen molar-refractivity contribution in [1.82, 2.24) is 4.31 Å². The summed E-state index contributed by atoms with van der Waals surface area (Å²) in [5.74, 6) is 0.562. The average molecular weight is 331 g/mol. The third-order valence-corrected chi connectivity index (χ3v) is 6.70. The molecule has 1 aromatic carbocycles. The Labute approximate surface area is 132 Å². The smallest absolute Gasteiger partial charge is 0.243 e. The van der Waals surface area contributed by atoms with E-state index in [1.807, 2.05) is 0 Å². The molecule has 1 aliphatic rings. The first-order valence-electron chi connectivity index (χ1n) is 7.27. The molecule has 1 saturated carbocycles. The average Bonchev–Trinajstić information content (AvgIpc) is 2.41. The molecule has 0 heterocycles. The van der Waals surface area contributed by atoms with Crippen LogP contribution in [-0.2, 0) is 10.0 Å². The second-order valence-corrected chi connectivity index (χ2v) is 8.47. The van der Waals surface area contributed by atoms with Gasteiger partial charge in [-0.15, -0.1) is 0 Å². The summed E-state index contributed by atoms with van der Waals surface area (Å²) in [7, 11) is -1.91. The summed E-state index contributed by atoms with van der Waals surface area (Å²) in [5.41, 5.74) is 6.83. The second-order valence-electron chi connectivity index (χ2n) is 6.07. The summed E-state index contributed by atoms with van der Waals surface area (Å²) in [6, 6.07) is 3.13. The molecule has 2 rings (SSSR count). The van der Waals surface area contributed by atoms with Gasteiger partial charge in [0, 0.05) is 23.8 Å². The lowest BCUT2D eigenvalue weighted by molar-refractivity contribution is 0.239. The van der Waals surface area contributed by atoms with Crippen LogP contribution in [0, 0.1) is 12.8 Å². The molecule has 0 spiro atoms. The highest BCUT2D eigenvalue weighted by atomic mass is 35.5. The zero-order chi connectivity index (χ0) is 15.8. The van der Waals surface area contributed by atoms with Crippen LogP contribution in [0.25, 0.3) is 0 Å². The van der Waals surface area contributed by atoms with Crippen molar-refractivity contribution in [3.05, 3.63) is 22.7 Å². The molecule has 2 N–H and O–H groups in total. The third kappa shape index (κ3) is 3.35. The van der Waals surface area contributed by atoms with Gasteiger partial charge < -0.3 is 5.73 Å². The number of hydrogen-bond acceptors (Lipinski definition) is 3. The highest BCUT2D eigenvalue weighted by Gasteiger charge is 2.32. The van der Waals surface area contributed by atoms with Gasteiger partial charge >= 0.3 is 0 Å². The molecule has 118 valence electrons. The summed E-state index contributed by atoms with van der Waals surface area (Å²) in [6.45, 7) is 3.89. The molecule has 21 heavy (non-hydrogen) atoms. The Balaban J connectivity index is 2.37. The maximum atomic E-state index is 12.9. The van der Waals surface area contributed by atoms with Gasteiger partial charge in [-0.3, -0.25) is 0 Å². The molecule has 1 aliphatic carbocycles. The van der Waals surface area contributed by atoms with Gasteiger partial charge in [-0.2, -0.15) is 4.31 Å². The molecular weight excluding hydrogens is 308 g/mol. The molecule has 2 unspecified atom stereocenters. The SMILES string of the molecule is Cc1c(N)cc(Cl)cc1S(=O)(=O)N(C)C1CCCC(C)C1. The molecule has 0 bridgehead atoms. The molecule has 1 fully saturated rings. The summed E-state index contributed by atoms with van der Waals surface area (Å²) >= 11 is 5.98. The molecule has 0 radical (unpaired) electrons. The Morgan fingerprint density at radius 2 is 2.00 bits per heavy atom. The Kier molecular flexibility index (Phi) is 4.85. The zero-order valence-electron chi connectivity index (χ0n) is 12.8. The Morgan fingerprint density at radius 3 is 2.62 bits per heavy atom. The molecule has 1 aromatic rings. The van der Waals surface area contributed by atoms with E-state index < -0.39 is 10.0 Å². The van der Waals surface area contributed by atoms with E-state index in [1.165, 1.54) is 16.8 Å². The van der Waals surface area contributed by atoms with Crippen LogP contribution in [0.4, 0.5) is 5.69 Å². The quantitative estimate of drug-likeness (QED) is 0.863. The van der Waals surface area contributed by atoms with Crippen LogP contribution in [0.1, 0.15) is 38.2 Å². The maximum Gasteiger partial charge on any atom is 0.243 e. The maximum absolute atomic E-state index is 12.9. The molecule has 4 nitrogen and oxygen atoms in total. The molecule has 0 aromatic heterocycles. The number of nitrogen functional groups attached to an aromatic ring is 1. The van der Waals surface area contributed by atoms with Crippen molar-refractivity contribution in [2.45, 2.75) is 50.5 Å². The lowest BCUT2D eigenvalue weighted by atomic mass is 9.87. The topological polar surface area (TPSA) is 63.4 Å². The van der Waals surface area contributed by atoms with Crippen LogP contribution >= 0.6 is 11.6 Å². The number of halogens is 1. The minimum absolute atomic E-state index is 0.0540.